The average molecular weight is 355 g/mol. The van der Waals surface area contributed by atoms with Gasteiger partial charge in [0.2, 0.25) is 6.79 Å². The topological polar surface area (TPSA) is 51.2 Å². The standard InChI is InChI=1S/C21H25NO4/c23-19(12-22(18-7-8-18)11-16-4-2-1-3-5-16)14-24-13-17-6-9-20-21(10-17)26-15-25-20/h1-6,9-10,18-19,23H,7-8,11-15H2. The number of hydrogen-bond donors (Lipinski definition) is 1. The van der Waals surface area contributed by atoms with Gasteiger partial charge in [0.1, 0.15) is 0 Å². The number of nitrogens with zero attached hydrogens (tertiary/aromatic N) is 1. The maximum atomic E-state index is 10.4. The van der Waals surface area contributed by atoms with E-state index in [9.17, 15) is 5.11 Å². The van der Waals surface area contributed by atoms with Crippen molar-refractivity contribution in [3.05, 3.63) is 59.7 Å². The minimum absolute atomic E-state index is 0.275. The molecule has 2 aliphatic rings. The van der Waals surface area contributed by atoms with Crippen LogP contribution in [0.2, 0.25) is 0 Å². The monoisotopic (exact) mass is 355 g/mol. The van der Waals surface area contributed by atoms with Crippen molar-refractivity contribution in [3.63, 3.8) is 0 Å². The predicted octanol–water partition coefficient (Wildman–Crippen LogP) is 2.96. The number of hydrogen-bond acceptors (Lipinski definition) is 5. The maximum absolute atomic E-state index is 10.4. The Bertz CT molecular complexity index is 717. The van der Waals surface area contributed by atoms with Crippen molar-refractivity contribution in [2.75, 3.05) is 19.9 Å². The van der Waals surface area contributed by atoms with Crippen LogP contribution in [0.3, 0.4) is 0 Å². The summed E-state index contributed by atoms with van der Waals surface area (Å²) in [6.45, 7) is 2.57. The number of aliphatic hydroxyl groups is 1. The van der Waals surface area contributed by atoms with Crippen LogP contribution < -0.4 is 9.47 Å². The van der Waals surface area contributed by atoms with Crippen molar-refractivity contribution in [2.24, 2.45) is 0 Å². The zero-order chi connectivity index (χ0) is 17.8. The number of ether oxygens (including phenoxy) is 3. The van der Waals surface area contributed by atoms with Gasteiger partial charge in [-0.1, -0.05) is 36.4 Å². The Balaban J connectivity index is 1.24. The third-order valence-electron chi connectivity index (χ3n) is 4.75. The van der Waals surface area contributed by atoms with Gasteiger partial charge in [-0.05, 0) is 36.1 Å². The smallest absolute Gasteiger partial charge is 0.231 e. The fraction of sp³-hybridized carbons (Fsp3) is 0.429. The molecule has 0 aromatic heterocycles. The molecule has 5 heteroatoms. The van der Waals surface area contributed by atoms with Crippen LogP contribution in [0.15, 0.2) is 48.5 Å². The van der Waals surface area contributed by atoms with Crippen LogP contribution >= 0.6 is 0 Å². The molecule has 1 atom stereocenters. The van der Waals surface area contributed by atoms with Gasteiger partial charge in [-0.2, -0.15) is 0 Å². The molecule has 0 bridgehead atoms. The van der Waals surface area contributed by atoms with E-state index >= 15 is 0 Å². The highest BCUT2D eigenvalue weighted by molar-refractivity contribution is 5.44. The molecule has 1 aliphatic heterocycles. The summed E-state index contributed by atoms with van der Waals surface area (Å²) in [7, 11) is 0. The van der Waals surface area contributed by atoms with Gasteiger partial charge in [-0.15, -0.1) is 0 Å². The summed E-state index contributed by atoms with van der Waals surface area (Å²) in [6.07, 6.45) is 1.95. The van der Waals surface area contributed by atoms with Gasteiger partial charge in [0.15, 0.2) is 11.5 Å². The van der Waals surface area contributed by atoms with Crippen molar-refractivity contribution in [2.45, 2.75) is 38.1 Å². The average Bonchev–Trinajstić information content (AvgIpc) is 3.40. The van der Waals surface area contributed by atoms with Gasteiger partial charge in [0.05, 0.1) is 19.3 Å². The van der Waals surface area contributed by atoms with Crippen LogP contribution in [-0.4, -0.2) is 42.1 Å². The summed E-state index contributed by atoms with van der Waals surface area (Å²) in [5.41, 5.74) is 2.30. The largest absolute Gasteiger partial charge is 0.454 e. The second-order valence-corrected chi connectivity index (χ2v) is 7.00. The molecule has 5 nitrogen and oxygen atoms in total. The zero-order valence-corrected chi connectivity index (χ0v) is 14.8. The summed E-state index contributed by atoms with van der Waals surface area (Å²) < 4.78 is 16.4. The molecule has 1 unspecified atom stereocenters. The minimum atomic E-state index is -0.492. The van der Waals surface area contributed by atoms with E-state index in [2.05, 4.69) is 29.2 Å². The first kappa shape index (κ1) is 17.3. The van der Waals surface area contributed by atoms with Crippen molar-refractivity contribution in [3.8, 4) is 11.5 Å². The molecular weight excluding hydrogens is 330 g/mol. The molecule has 2 aromatic rings. The second-order valence-electron chi connectivity index (χ2n) is 7.00. The maximum Gasteiger partial charge on any atom is 0.231 e. The van der Waals surface area contributed by atoms with Crippen molar-refractivity contribution in [1.82, 2.24) is 4.90 Å². The first-order chi connectivity index (χ1) is 12.8. The molecule has 1 N–H and O–H groups in total. The Kier molecular flexibility index (Phi) is 5.39. The molecule has 4 rings (SSSR count). The SMILES string of the molecule is OC(COCc1ccc2c(c1)OCO2)CN(Cc1ccccc1)C1CC1. The molecule has 0 amide bonds. The molecule has 26 heavy (non-hydrogen) atoms. The highest BCUT2D eigenvalue weighted by atomic mass is 16.7. The van der Waals surface area contributed by atoms with Crippen LogP contribution in [0.1, 0.15) is 24.0 Å². The van der Waals surface area contributed by atoms with Crippen LogP contribution in [-0.2, 0) is 17.9 Å². The molecule has 1 aliphatic carbocycles. The molecule has 1 heterocycles. The Morgan fingerprint density at radius 3 is 2.65 bits per heavy atom. The Hall–Kier alpha value is -2.08. The normalized spacial score (nSPS) is 16.8. The summed E-state index contributed by atoms with van der Waals surface area (Å²) in [6, 6.07) is 16.8. The van der Waals surface area contributed by atoms with Crippen LogP contribution in [0.25, 0.3) is 0 Å². The van der Waals surface area contributed by atoms with E-state index < -0.39 is 6.10 Å². The highest BCUT2D eigenvalue weighted by Gasteiger charge is 2.30. The Morgan fingerprint density at radius 2 is 1.85 bits per heavy atom. The number of aliphatic hydroxyl groups excluding tert-OH is 1. The second kappa shape index (κ2) is 8.08. The van der Waals surface area contributed by atoms with E-state index in [1.54, 1.807) is 0 Å². The summed E-state index contributed by atoms with van der Waals surface area (Å²) in [5, 5.41) is 10.4. The fourth-order valence-electron chi connectivity index (χ4n) is 3.27. The van der Waals surface area contributed by atoms with Crippen molar-refractivity contribution >= 4 is 0 Å². The van der Waals surface area contributed by atoms with E-state index in [1.807, 2.05) is 24.3 Å². The minimum Gasteiger partial charge on any atom is -0.454 e. The van der Waals surface area contributed by atoms with E-state index in [1.165, 1.54) is 18.4 Å². The molecule has 1 saturated carbocycles. The van der Waals surface area contributed by atoms with Gasteiger partial charge in [0.25, 0.3) is 0 Å². The molecule has 1 fully saturated rings. The number of rotatable bonds is 9. The van der Waals surface area contributed by atoms with Gasteiger partial charge >= 0.3 is 0 Å². The van der Waals surface area contributed by atoms with E-state index in [4.69, 9.17) is 14.2 Å². The van der Waals surface area contributed by atoms with Gasteiger partial charge in [-0.25, -0.2) is 0 Å². The lowest BCUT2D eigenvalue weighted by Gasteiger charge is -2.25. The van der Waals surface area contributed by atoms with Gasteiger partial charge < -0.3 is 19.3 Å². The van der Waals surface area contributed by atoms with Gasteiger partial charge in [-0.3, -0.25) is 4.90 Å². The van der Waals surface area contributed by atoms with Crippen LogP contribution in [0.5, 0.6) is 11.5 Å². The van der Waals surface area contributed by atoms with Crippen molar-refractivity contribution < 1.29 is 19.3 Å². The highest BCUT2D eigenvalue weighted by Crippen LogP contribution is 2.32. The summed E-state index contributed by atoms with van der Waals surface area (Å²) in [5.74, 6) is 1.53. The lowest BCUT2D eigenvalue weighted by molar-refractivity contribution is 0.00703. The van der Waals surface area contributed by atoms with Crippen LogP contribution in [0, 0.1) is 0 Å². The quantitative estimate of drug-likeness (QED) is 0.749. The van der Waals surface area contributed by atoms with E-state index in [-0.39, 0.29) is 6.79 Å². The lowest BCUT2D eigenvalue weighted by Crippen LogP contribution is -2.36. The molecule has 2 aromatic carbocycles. The number of benzene rings is 2. The molecule has 138 valence electrons. The number of fused-ring (bicyclic) bond motifs is 1. The fourth-order valence-corrected chi connectivity index (χ4v) is 3.27. The summed E-state index contributed by atoms with van der Waals surface area (Å²) >= 11 is 0. The molecule has 0 radical (unpaired) electrons. The van der Waals surface area contributed by atoms with Crippen LogP contribution in [0.4, 0.5) is 0 Å². The molecule has 0 spiro atoms. The van der Waals surface area contributed by atoms with Gasteiger partial charge in [0, 0.05) is 19.1 Å². The predicted molar refractivity (Wildman–Crippen MR) is 98.1 cm³/mol. The Labute approximate surface area is 154 Å². The van der Waals surface area contributed by atoms with E-state index in [0.29, 0.717) is 25.8 Å². The Morgan fingerprint density at radius 1 is 1.04 bits per heavy atom. The molecule has 0 saturated heterocycles. The lowest BCUT2D eigenvalue weighted by atomic mass is 10.2. The first-order valence-electron chi connectivity index (χ1n) is 9.20. The summed E-state index contributed by atoms with van der Waals surface area (Å²) in [4.78, 5) is 2.37. The third kappa shape index (κ3) is 4.55. The van der Waals surface area contributed by atoms with E-state index in [0.717, 1.165) is 23.6 Å². The third-order valence-corrected chi connectivity index (χ3v) is 4.75. The molecular formula is C21H25NO4. The van der Waals surface area contributed by atoms with Crippen molar-refractivity contribution in [1.29, 1.82) is 0 Å². The zero-order valence-electron chi connectivity index (χ0n) is 14.8. The first-order valence-corrected chi connectivity index (χ1v) is 9.20.